The fraction of sp³-hybridized carbons (Fsp3) is 0.300. The number of benzene rings is 1. The monoisotopic (exact) mass is 489 g/mol. The Morgan fingerprint density at radius 3 is 2.65 bits per heavy atom. The van der Waals surface area contributed by atoms with Gasteiger partial charge in [-0.1, -0.05) is 19.1 Å². The van der Waals surface area contributed by atoms with Crippen LogP contribution in [0.25, 0.3) is 44.3 Å². The van der Waals surface area contributed by atoms with Crippen LogP contribution in [0.15, 0.2) is 67.3 Å². The average molecular weight is 490 g/mol. The van der Waals surface area contributed by atoms with Crippen LogP contribution in [-0.2, 0) is 0 Å². The number of pyridine rings is 2. The van der Waals surface area contributed by atoms with E-state index in [4.69, 9.17) is 10.1 Å². The predicted molar refractivity (Wildman–Crippen MR) is 151 cm³/mol. The van der Waals surface area contributed by atoms with Gasteiger partial charge in [0.1, 0.15) is 11.5 Å². The molecule has 5 aromatic rings. The molecular formula is C30H31N7. The van der Waals surface area contributed by atoms with Gasteiger partial charge in [-0.15, -0.1) is 0 Å². The Balaban J connectivity index is 1.23. The number of hydrogen-bond donors (Lipinski definition) is 3. The highest BCUT2D eigenvalue weighted by molar-refractivity contribution is 6.00. The van der Waals surface area contributed by atoms with E-state index < -0.39 is 0 Å². The van der Waals surface area contributed by atoms with Crippen molar-refractivity contribution in [2.24, 2.45) is 5.92 Å². The highest BCUT2D eigenvalue weighted by atomic mass is 15.2. The number of H-pyrrole nitrogens is 2. The van der Waals surface area contributed by atoms with Gasteiger partial charge in [-0.3, -0.25) is 10.1 Å². The highest BCUT2D eigenvalue weighted by Gasteiger charge is 2.21. The van der Waals surface area contributed by atoms with Gasteiger partial charge in [0, 0.05) is 47.5 Å². The minimum absolute atomic E-state index is 0.579. The number of fused-ring (bicyclic) bond motifs is 2. The molecule has 7 heteroatoms. The zero-order valence-corrected chi connectivity index (χ0v) is 20.9. The lowest BCUT2D eigenvalue weighted by molar-refractivity contribution is 0.371. The smallest absolute Gasteiger partial charge is 0.137 e. The van der Waals surface area contributed by atoms with Crippen molar-refractivity contribution in [3.8, 4) is 22.5 Å². The molecule has 0 bridgehead atoms. The second kappa shape index (κ2) is 9.07. The minimum atomic E-state index is 0.579. The third-order valence-corrected chi connectivity index (χ3v) is 7.98. The predicted octanol–water partition coefficient (Wildman–Crippen LogP) is 6.88. The first-order valence-electron chi connectivity index (χ1n) is 13.4. The number of aromatic nitrogens is 5. The van der Waals surface area contributed by atoms with E-state index in [0.717, 1.165) is 74.6 Å². The molecule has 3 N–H and O–H groups in total. The van der Waals surface area contributed by atoms with Crippen molar-refractivity contribution in [2.45, 2.75) is 38.5 Å². The van der Waals surface area contributed by atoms with Gasteiger partial charge < -0.3 is 15.2 Å². The van der Waals surface area contributed by atoms with Gasteiger partial charge in [-0.05, 0) is 73.9 Å². The molecule has 0 atom stereocenters. The van der Waals surface area contributed by atoms with Gasteiger partial charge in [-0.25, -0.2) is 4.98 Å². The summed E-state index contributed by atoms with van der Waals surface area (Å²) in [6, 6.07) is 12.8. The largest absolute Gasteiger partial charge is 0.358 e. The molecule has 5 heterocycles. The van der Waals surface area contributed by atoms with E-state index in [2.05, 4.69) is 62.2 Å². The maximum Gasteiger partial charge on any atom is 0.137 e. The van der Waals surface area contributed by atoms with Crippen LogP contribution in [0.5, 0.6) is 0 Å². The van der Waals surface area contributed by atoms with Gasteiger partial charge >= 0.3 is 0 Å². The van der Waals surface area contributed by atoms with Crippen molar-refractivity contribution in [1.82, 2.24) is 25.1 Å². The lowest BCUT2D eigenvalue weighted by atomic mass is 9.83. The second-order valence-corrected chi connectivity index (χ2v) is 10.4. The molecule has 0 spiro atoms. The van der Waals surface area contributed by atoms with E-state index in [9.17, 15) is 0 Å². The molecule has 0 radical (unpaired) electrons. The first-order chi connectivity index (χ1) is 18.2. The van der Waals surface area contributed by atoms with E-state index in [0.29, 0.717) is 5.92 Å². The number of rotatable bonds is 6. The maximum absolute atomic E-state index is 4.75. The molecular weight excluding hydrogens is 458 g/mol. The Morgan fingerprint density at radius 1 is 0.919 bits per heavy atom. The van der Waals surface area contributed by atoms with E-state index in [-0.39, 0.29) is 0 Å². The van der Waals surface area contributed by atoms with Crippen molar-refractivity contribution in [3.05, 3.63) is 67.3 Å². The number of anilines is 2. The lowest BCUT2D eigenvalue weighted by Gasteiger charge is -2.28. The summed E-state index contributed by atoms with van der Waals surface area (Å²) >= 11 is 0. The molecule has 0 amide bonds. The van der Waals surface area contributed by atoms with E-state index >= 15 is 0 Å². The van der Waals surface area contributed by atoms with Gasteiger partial charge in [0.05, 0.1) is 28.6 Å². The standard InChI is InChI=1S/C30H31N7/c1-19(20-6-5-7-20)33-23-14-22(17-31-18-23)21-8-9-27-24(15-21)29(36-35-27)28-16-25-26(34-28)10-11-32-30(25)37-12-3-2-4-13-37/h8-11,14-18,20,33-34H,1-7,12-13H2,(H,35,36). The lowest BCUT2D eigenvalue weighted by Crippen LogP contribution is -2.30. The first-order valence-corrected chi connectivity index (χ1v) is 13.4. The Bertz CT molecular complexity index is 1600. The number of nitrogens with zero attached hydrogens (tertiary/aromatic N) is 4. The van der Waals surface area contributed by atoms with Crippen LogP contribution < -0.4 is 10.2 Å². The van der Waals surface area contributed by atoms with Crippen LogP contribution in [0.4, 0.5) is 11.5 Å². The van der Waals surface area contributed by atoms with Gasteiger partial charge in [0.2, 0.25) is 0 Å². The maximum atomic E-state index is 4.75. The van der Waals surface area contributed by atoms with Crippen LogP contribution in [0.3, 0.4) is 0 Å². The Kier molecular flexibility index (Phi) is 5.42. The molecule has 1 aliphatic carbocycles. The number of nitrogens with one attached hydrogen (secondary N) is 3. The van der Waals surface area contributed by atoms with E-state index in [1.807, 2.05) is 24.7 Å². The van der Waals surface area contributed by atoms with Crippen LogP contribution in [0.2, 0.25) is 0 Å². The molecule has 1 saturated carbocycles. The minimum Gasteiger partial charge on any atom is -0.358 e. The molecule has 7 nitrogen and oxygen atoms in total. The molecule has 1 aromatic carbocycles. The fourth-order valence-corrected chi connectivity index (χ4v) is 5.63. The molecule has 1 saturated heterocycles. The van der Waals surface area contributed by atoms with Crippen LogP contribution in [-0.4, -0.2) is 38.2 Å². The molecule has 4 aromatic heterocycles. The van der Waals surface area contributed by atoms with Crippen LogP contribution in [0.1, 0.15) is 38.5 Å². The van der Waals surface area contributed by atoms with Crippen molar-refractivity contribution in [3.63, 3.8) is 0 Å². The molecule has 186 valence electrons. The summed E-state index contributed by atoms with van der Waals surface area (Å²) in [6.45, 7) is 6.38. The molecule has 7 rings (SSSR count). The summed E-state index contributed by atoms with van der Waals surface area (Å²) in [5.41, 5.74) is 8.25. The summed E-state index contributed by atoms with van der Waals surface area (Å²) in [4.78, 5) is 15.3. The SMILES string of the molecule is C=C(Nc1cncc(-c2ccc3[nH]nc(-c4cc5c(N6CCCCC6)nccc5[nH]4)c3c2)c1)C1CCC1. The van der Waals surface area contributed by atoms with E-state index in [1.165, 1.54) is 38.5 Å². The summed E-state index contributed by atoms with van der Waals surface area (Å²) in [6.07, 6.45) is 13.2. The quantitative estimate of drug-likeness (QED) is 0.242. The van der Waals surface area contributed by atoms with E-state index in [1.54, 1.807) is 0 Å². The van der Waals surface area contributed by atoms with Crippen molar-refractivity contribution >= 4 is 33.3 Å². The normalized spacial score (nSPS) is 16.3. The number of piperidine rings is 1. The van der Waals surface area contributed by atoms with Crippen molar-refractivity contribution < 1.29 is 0 Å². The molecule has 1 aliphatic heterocycles. The highest BCUT2D eigenvalue weighted by Crippen LogP contribution is 2.36. The molecule has 37 heavy (non-hydrogen) atoms. The van der Waals surface area contributed by atoms with Gasteiger partial charge in [0.15, 0.2) is 0 Å². The van der Waals surface area contributed by atoms with Crippen molar-refractivity contribution in [1.29, 1.82) is 0 Å². The second-order valence-electron chi connectivity index (χ2n) is 10.4. The number of hydrogen-bond acceptors (Lipinski definition) is 5. The summed E-state index contributed by atoms with van der Waals surface area (Å²) < 4.78 is 0. The van der Waals surface area contributed by atoms with Crippen molar-refractivity contribution in [2.75, 3.05) is 23.3 Å². The summed E-state index contributed by atoms with van der Waals surface area (Å²) in [5.74, 6) is 1.65. The third kappa shape index (κ3) is 4.04. The molecule has 0 unspecified atom stereocenters. The Hall–Kier alpha value is -4.13. The third-order valence-electron chi connectivity index (χ3n) is 7.98. The topological polar surface area (TPSA) is 85.5 Å². The zero-order chi connectivity index (χ0) is 24.8. The number of aromatic amines is 2. The molecule has 2 fully saturated rings. The summed E-state index contributed by atoms with van der Waals surface area (Å²) in [7, 11) is 0. The Morgan fingerprint density at radius 2 is 1.81 bits per heavy atom. The average Bonchev–Trinajstić information content (AvgIpc) is 3.52. The van der Waals surface area contributed by atoms with Crippen LogP contribution >= 0.6 is 0 Å². The fourth-order valence-electron chi connectivity index (χ4n) is 5.63. The van der Waals surface area contributed by atoms with Crippen LogP contribution in [0, 0.1) is 5.92 Å². The van der Waals surface area contributed by atoms with Gasteiger partial charge in [-0.2, -0.15) is 5.10 Å². The zero-order valence-electron chi connectivity index (χ0n) is 20.9. The molecule has 2 aliphatic rings. The Labute approximate surface area is 216 Å². The summed E-state index contributed by atoms with van der Waals surface area (Å²) in [5, 5.41) is 13.6. The number of allylic oxidation sites excluding steroid dienone is 1. The van der Waals surface area contributed by atoms with Gasteiger partial charge in [0.25, 0.3) is 0 Å². The first kappa shape index (κ1) is 22.1.